The first-order valence-corrected chi connectivity index (χ1v) is 11.3. The van der Waals surface area contributed by atoms with Crippen LogP contribution >= 0.6 is 0 Å². The number of nitrogens with one attached hydrogen (secondary N) is 1. The van der Waals surface area contributed by atoms with Gasteiger partial charge in [0.25, 0.3) is 5.89 Å². The number of fused-ring (bicyclic) bond motifs is 1. The molecule has 2 aromatic carbocycles. The molecule has 4 rings (SSSR count). The molecule has 0 aliphatic carbocycles. The van der Waals surface area contributed by atoms with Crippen molar-refractivity contribution in [2.75, 3.05) is 26.2 Å². The fourth-order valence-corrected chi connectivity index (χ4v) is 5.14. The van der Waals surface area contributed by atoms with E-state index >= 15 is 0 Å². The molecule has 7 heteroatoms. The summed E-state index contributed by atoms with van der Waals surface area (Å²) >= 11 is 0. The minimum atomic E-state index is -3.43. The molecule has 0 radical (unpaired) electrons. The molecule has 6 nitrogen and oxygen atoms in total. The van der Waals surface area contributed by atoms with Crippen LogP contribution < -0.4 is 4.90 Å². The Morgan fingerprint density at radius 3 is 2.46 bits per heavy atom. The van der Waals surface area contributed by atoms with Crippen molar-refractivity contribution < 1.29 is 17.7 Å². The minimum Gasteiger partial charge on any atom is -0.435 e. The van der Waals surface area contributed by atoms with Gasteiger partial charge in [-0.05, 0) is 36.2 Å². The number of aryl methyl sites for hydroxylation is 1. The maximum Gasteiger partial charge on any atom is 0.251 e. The molecule has 28 heavy (non-hydrogen) atoms. The first-order chi connectivity index (χ1) is 13.6. The van der Waals surface area contributed by atoms with Gasteiger partial charge in [0.2, 0.25) is 10.0 Å². The normalized spacial score (nSPS) is 16.6. The number of oxazole rings is 1. The van der Waals surface area contributed by atoms with E-state index in [0.29, 0.717) is 30.4 Å². The van der Waals surface area contributed by atoms with E-state index in [1.807, 2.05) is 36.4 Å². The van der Waals surface area contributed by atoms with Gasteiger partial charge in [-0.25, -0.2) is 13.4 Å². The summed E-state index contributed by atoms with van der Waals surface area (Å²) < 4.78 is 33.2. The Labute approximate surface area is 165 Å². The van der Waals surface area contributed by atoms with Crippen molar-refractivity contribution in [3.8, 4) is 0 Å². The van der Waals surface area contributed by atoms with Gasteiger partial charge in [0, 0.05) is 0 Å². The third-order valence-corrected chi connectivity index (χ3v) is 7.18. The highest BCUT2D eigenvalue weighted by molar-refractivity contribution is 7.89. The molecule has 1 aliphatic heterocycles. The minimum absolute atomic E-state index is 0.384. The van der Waals surface area contributed by atoms with Crippen molar-refractivity contribution in [1.29, 1.82) is 0 Å². The Kier molecular flexibility index (Phi) is 5.48. The number of para-hydroxylation sites is 2. The number of nitrogens with zero attached hydrogens (tertiary/aromatic N) is 2. The number of piperazine rings is 1. The predicted octanol–water partition coefficient (Wildman–Crippen LogP) is 1.87. The summed E-state index contributed by atoms with van der Waals surface area (Å²) in [5.74, 6) is 0.707. The number of hydrogen-bond donors (Lipinski definition) is 1. The summed E-state index contributed by atoms with van der Waals surface area (Å²) in [7, 11) is -3.43. The van der Waals surface area contributed by atoms with Crippen LogP contribution in [0.3, 0.4) is 0 Å². The standard InChI is InChI=1S/C21H25N3O3S/c1-2-5-17-8-10-18(11-9-17)28(25,26)24-14-12-23(13-15-24)16-21-22-19-6-3-4-7-20(19)27-21/h3-4,6-11H,2,5,12-16H2,1H3/p+1. The van der Waals surface area contributed by atoms with Crippen LogP contribution in [-0.2, 0) is 23.0 Å². The fourth-order valence-electron chi connectivity index (χ4n) is 3.69. The van der Waals surface area contributed by atoms with Crippen molar-refractivity contribution in [1.82, 2.24) is 9.29 Å². The molecular weight excluding hydrogens is 374 g/mol. The van der Waals surface area contributed by atoms with E-state index in [-0.39, 0.29) is 0 Å². The second kappa shape index (κ2) is 8.03. The molecule has 0 unspecified atom stereocenters. The Bertz CT molecular complexity index is 1000. The molecule has 1 saturated heterocycles. The second-order valence-corrected chi connectivity index (χ2v) is 9.24. The molecule has 148 valence electrons. The molecule has 3 aromatic rings. The van der Waals surface area contributed by atoms with Crippen molar-refractivity contribution in [3.05, 3.63) is 60.0 Å². The van der Waals surface area contributed by atoms with Crippen LogP contribution in [0.4, 0.5) is 0 Å². The smallest absolute Gasteiger partial charge is 0.251 e. The van der Waals surface area contributed by atoms with E-state index in [4.69, 9.17) is 4.42 Å². The van der Waals surface area contributed by atoms with Crippen molar-refractivity contribution in [2.45, 2.75) is 31.2 Å². The average Bonchev–Trinajstić information content (AvgIpc) is 3.11. The van der Waals surface area contributed by atoms with Crippen LogP contribution in [0.1, 0.15) is 24.8 Å². The molecule has 0 bridgehead atoms. The monoisotopic (exact) mass is 400 g/mol. The first kappa shape index (κ1) is 19.1. The van der Waals surface area contributed by atoms with Gasteiger partial charge in [-0.2, -0.15) is 4.31 Å². The lowest BCUT2D eigenvalue weighted by molar-refractivity contribution is -0.918. The Morgan fingerprint density at radius 1 is 1.07 bits per heavy atom. The van der Waals surface area contributed by atoms with E-state index in [1.165, 1.54) is 10.5 Å². The van der Waals surface area contributed by atoms with Crippen LogP contribution in [0.2, 0.25) is 0 Å². The molecule has 1 aromatic heterocycles. The van der Waals surface area contributed by atoms with E-state index in [0.717, 1.165) is 37.0 Å². The molecule has 1 fully saturated rings. The second-order valence-electron chi connectivity index (χ2n) is 7.30. The van der Waals surface area contributed by atoms with E-state index in [2.05, 4.69) is 11.9 Å². The highest BCUT2D eigenvalue weighted by Crippen LogP contribution is 2.18. The van der Waals surface area contributed by atoms with Gasteiger partial charge in [0.05, 0.1) is 31.1 Å². The lowest BCUT2D eigenvalue weighted by atomic mass is 10.1. The molecule has 0 saturated carbocycles. The zero-order chi connectivity index (χ0) is 19.6. The summed E-state index contributed by atoms with van der Waals surface area (Å²) in [5.41, 5.74) is 2.84. The van der Waals surface area contributed by atoms with Gasteiger partial charge in [0.1, 0.15) is 5.52 Å². The lowest BCUT2D eigenvalue weighted by Crippen LogP contribution is -3.13. The van der Waals surface area contributed by atoms with Crippen LogP contribution in [0, 0.1) is 0 Å². The number of quaternary nitrogens is 1. The van der Waals surface area contributed by atoms with Crippen molar-refractivity contribution in [3.63, 3.8) is 0 Å². The number of rotatable bonds is 6. The highest BCUT2D eigenvalue weighted by atomic mass is 32.2. The highest BCUT2D eigenvalue weighted by Gasteiger charge is 2.31. The summed E-state index contributed by atoms with van der Waals surface area (Å²) in [6.45, 7) is 5.29. The number of sulfonamides is 1. The van der Waals surface area contributed by atoms with Crippen LogP contribution in [0.5, 0.6) is 0 Å². The third-order valence-electron chi connectivity index (χ3n) is 5.27. The maximum absolute atomic E-state index is 12.9. The van der Waals surface area contributed by atoms with E-state index in [1.54, 1.807) is 16.4 Å². The van der Waals surface area contributed by atoms with Crippen molar-refractivity contribution >= 4 is 21.1 Å². The third kappa shape index (κ3) is 3.97. The quantitative estimate of drug-likeness (QED) is 0.686. The predicted molar refractivity (Wildman–Crippen MR) is 108 cm³/mol. The van der Waals surface area contributed by atoms with Gasteiger partial charge < -0.3 is 9.32 Å². The zero-order valence-corrected chi connectivity index (χ0v) is 16.9. The maximum atomic E-state index is 12.9. The van der Waals surface area contributed by atoms with Gasteiger partial charge in [-0.3, -0.25) is 0 Å². The number of aromatic nitrogens is 1. The molecular formula is C21H26N3O3S+. The summed E-state index contributed by atoms with van der Waals surface area (Å²) in [5, 5.41) is 0. The van der Waals surface area contributed by atoms with Crippen LogP contribution in [-0.4, -0.2) is 43.9 Å². The van der Waals surface area contributed by atoms with Crippen molar-refractivity contribution in [2.24, 2.45) is 0 Å². The molecule has 1 aliphatic rings. The van der Waals surface area contributed by atoms with Gasteiger partial charge in [0.15, 0.2) is 12.1 Å². The number of benzene rings is 2. The summed E-state index contributed by atoms with van der Waals surface area (Å²) in [6, 6.07) is 15.0. The molecule has 0 spiro atoms. The van der Waals surface area contributed by atoms with Gasteiger partial charge >= 0.3 is 0 Å². The lowest BCUT2D eigenvalue weighted by Gasteiger charge is -2.30. The fraction of sp³-hybridized carbons (Fsp3) is 0.381. The van der Waals surface area contributed by atoms with Crippen LogP contribution in [0.15, 0.2) is 57.8 Å². The van der Waals surface area contributed by atoms with Gasteiger partial charge in [-0.1, -0.05) is 37.6 Å². The topological polar surface area (TPSA) is 67.8 Å². The Hall–Kier alpha value is -2.22. The molecule has 2 heterocycles. The molecule has 1 N–H and O–H groups in total. The van der Waals surface area contributed by atoms with E-state index < -0.39 is 10.0 Å². The van der Waals surface area contributed by atoms with Gasteiger partial charge in [-0.15, -0.1) is 0 Å². The summed E-state index contributed by atoms with van der Waals surface area (Å²) in [4.78, 5) is 6.20. The Balaban J connectivity index is 1.38. The SMILES string of the molecule is CCCc1ccc(S(=O)(=O)N2CC[NH+](Cc3nc4ccccc4o3)CC2)cc1. The largest absolute Gasteiger partial charge is 0.435 e. The Morgan fingerprint density at radius 2 is 1.79 bits per heavy atom. The van der Waals surface area contributed by atoms with E-state index in [9.17, 15) is 8.42 Å². The zero-order valence-electron chi connectivity index (χ0n) is 16.1. The first-order valence-electron chi connectivity index (χ1n) is 9.83. The van der Waals surface area contributed by atoms with Crippen LogP contribution in [0.25, 0.3) is 11.1 Å². The molecule has 0 atom stereocenters. The average molecular weight is 401 g/mol. The molecule has 0 amide bonds. The summed E-state index contributed by atoms with van der Waals surface area (Å²) in [6.07, 6.45) is 2.02. The number of hydrogen-bond acceptors (Lipinski definition) is 4.